The summed E-state index contributed by atoms with van der Waals surface area (Å²) in [4.78, 5) is 23.5. The summed E-state index contributed by atoms with van der Waals surface area (Å²) in [7, 11) is 0. The zero-order valence-electron chi connectivity index (χ0n) is 14.3. The minimum Gasteiger partial charge on any atom is -0.367 e. The van der Waals surface area contributed by atoms with Gasteiger partial charge in [-0.3, -0.25) is 9.59 Å². The lowest BCUT2D eigenvalue weighted by atomic mass is 10.1. The molecule has 5 nitrogen and oxygen atoms in total. The predicted molar refractivity (Wildman–Crippen MR) is 87.0 cm³/mol. The highest BCUT2D eigenvalue weighted by molar-refractivity contribution is 5.94. The number of carbonyl (C=O) groups is 2. The average Bonchev–Trinajstić information content (AvgIpc) is 2.54. The van der Waals surface area contributed by atoms with Crippen molar-refractivity contribution in [3.05, 3.63) is 35.4 Å². The van der Waals surface area contributed by atoms with E-state index in [4.69, 9.17) is 0 Å². The summed E-state index contributed by atoms with van der Waals surface area (Å²) in [5.41, 5.74) is 0.899. The first-order valence-electron chi connectivity index (χ1n) is 8.02. The Morgan fingerprint density at radius 1 is 1.20 bits per heavy atom. The summed E-state index contributed by atoms with van der Waals surface area (Å²) in [6.07, 6.45) is -3.35. The number of nitrogens with one attached hydrogen (secondary N) is 2. The Kier molecular flexibility index (Phi) is 8.40. The van der Waals surface area contributed by atoms with Crippen LogP contribution in [0.2, 0.25) is 0 Å². The number of rotatable bonds is 9. The van der Waals surface area contributed by atoms with Gasteiger partial charge in [-0.1, -0.05) is 19.1 Å². The van der Waals surface area contributed by atoms with Crippen molar-refractivity contribution < 1.29 is 27.5 Å². The number of alkyl halides is 3. The second kappa shape index (κ2) is 10.0. The molecule has 25 heavy (non-hydrogen) atoms. The van der Waals surface area contributed by atoms with Crippen LogP contribution in [0.25, 0.3) is 0 Å². The van der Waals surface area contributed by atoms with E-state index in [1.165, 1.54) is 24.3 Å². The van der Waals surface area contributed by atoms with Crippen molar-refractivity contribution in [2.45, 2.75) is 45.5 Å². The Bertz CT molecular complexity index is 559. The number of amides is 2. The van der Waals surface area contributed by atoms with Gasteiger partial charge in [0.1, 0.15) is 6.61 Å². The molecule has 0 saturated heterocycles. The van der Waals surface area contributed by atoms with Gasteiger partial charge in [0.05, 0.1) is 6.61 Å². The molecule has 0 radical (unpaired) electrons. The second-order valence-electron chi connectivity index (χ2n) is 5.69. The molecule has 0 fully saturated rings. The third-order valence-corrected chi connectivity index (χ3v) is 3.41. The summed E-state index contributed by atoms with van der Waals surface area (Å²) in [6, 6.07) is 6.15. The molecule has 2 amide bonds. The summed E-state index contributed by atoms with van der Waals surface area (Å²) >= 11 is 0. The van der Waals surface area contributed by atoms with Crippen LogP contribution in [0.4, 0.5) is 13.2 Å². The van der Waals surface area contributed by atoms with Gasteiger partial charge in [-0.25, -0.2) is 0 Å². The molecule has 2 N–H and O–H groups in total. The summed E-state index contributed by atoms with van der Waals surface area (Å²) in [5, 5.41) is 5.42. The fraction of sp³-hybridized carbons (Fsp3) is 0.529. The molecule has 0 saturated carbocycles. The average molecular weight is 360 g/mol. The van der Waals surface area contributed by atoms with Gasteiger partial charge in [0, 0.05) is 24.6 Å². The Balaban J connectivity index is 2.35. The fourth-order valence-electron chi connectivity index (χ4n) is 1.88. The molecule has 1 unspecified atom stereocenters. The van der Waals surface area contributed by atoms with Gasteiger partial charge in [0.25, 0.3) is 5.91 Å². The molecule has 0 heterocycles. The quantitative estimate of drug-likeness (QED) is 0.712. The number of hydrogen-bond acceptors (Lipinski definition) is 3. The van der Waals surface area contributed by atoms with Crippen LogP contribution in [0.1, 0.15) is 42.6 Å². The highest BCUT2D eigenvalue weighted by atomic mass is 19.4. The smallest absolute Gasteiger partial charge is 0.367 e. The number of halogens is 3. The van der Waals surface area contributed by atoms with Crippen LogP contribution in [0.5, 0.6) is 0 Å². The molecule has 1 aromatic carbocycles. The van der Waals surface area contributed by atoms with Gasteiger partial charge < -0.3 is 15.4 Å². The highest BCUT2D eigenvalue weighted by Crippen LogP contribution is 2.15. The van der Waals surface area contributed by atoms with Gasteiger partial charge in [-0.15, -0.1) is 0 Å². The maximum absolute atomic E-state index is 12.0. The standard InChI is InChI=1S/C17H23F3N2O3/c1-3-12(2)22-15(23)8-9-21-16(24)14-6-4-13(5-7-14)10-25-11-17(18,19)20/h4-7,12H,3,8-11H2,1-2H3,(H,21,24)(H,22,23). The van der Waals surface area contributed by atoms with E-state index in [0.717, 1.165) is 6.42 Å². The van der Waals surface area contributed by atoms with Crippen LogP contribution in [0.15, 0.2) is 24.3 Å². The van der Waals surface area contributed by atoms with Gasteiger partial charge in [0.2, 0.25) is 5.91 Å². The van der Waals surface area contributed by atoms with Crippen LogP contribution < -0.4 is 10.6 Å². The van der Waals surface area contributed by atoms with Gasteiger partial charge in [-0.05, 0) is 31.0 Å². The maximum atomic E-state index is 12.0. The molecule has 0 aliphatic heterocycles. The van der Waals surface area contributed by atoms with E-state index in [1.807, 2.05) is 13.8 Å². The minimum atomic E-state index is -4.36. The van der Waals surface area contributed by atoms with Crippen molar-refractivity contribution in [2.75, 3.05) is 13.2 Å². The van der Waals surface area contributed by atoms with Crippen LogP contribution in [-0.4, -0.2) is 37.2 Å². The predicted octanol–water partition coefficient (Wildman–Crippen LogP) is 2.80. The minimum absolute atomic E-state index is 0.0929. The molecule has 8 heteroatoms. The lowest BCUT2D eigenvalue weighted by molar-refractivity contribution is -0.176. The van der Waals surface area contributed by atoms with Crippen molar-refractivity contribution in [3.8, 4) is 0 Å². The number of hydrogen-bond donors (Lipinski definition) is 2. The monoisotopic (exact) mass is 360 g/mol. The number of ether oxygens (including phenoxy) is 1. The third kappa shape index (κ3) is 9.09. The van der Waals surface area contributed by atoms with Crippen molar-refractivity contribution in [3.63, 3.8) is 0 Å². The van der Waals surface area contributed by atoms with Crippen LogP contribution in [-0.2, 0) is 16.1 Å². The molecule has 1 aromatic rings. The fourth-order valence-corrected chi connectivity index (χ4v) is 1.88. The van der Waals surface area contributed by atoms with Crippen molar-refractivity contribution >= 4 is 11.8 Å². The van der Waals surface area contributed by atoms with Crippen molar-refractivity contribution in [1.29, 1.82) is 0 Å². The van der Waals surface area contributed by atoms with E-state index >= 15 is 0 Å². The molecular weight excluding hydrogens is 337 g/mol. The number of carbonyl (C=O) groups excluding carboxylic acids is 2. The lowest BCUT2D eigenvalue weighted by Crippen LogP contribution is -2.35. The number of benzene rings is 1. The lowest BCUT2D eigenvalue weighted by Gasteiger charge is -2.11. The van der Waals surface area contributed by atoms with E-state index in [2.05, 4.69) is 15.4 Å². The van der Waals surface area contributed by atoms with E-state index in [0.29, 0.717) is 11.1 Å². The van der Waals surface area contributed by atoms with Gasteiger partial charge in [-0.2, -0.15) is 13.2 Å². The molecule has 0 spiro atoms. The second-order valence-corrected chi connectivity index (χ2v) is 5.69. The van der Waals surface area contributed by atoms with E-state index in [-0.39, 0.29) is 37.4 Å². The van der Waals surface area contributed by atoms with E-state index in [1.54, 1.807) is 0 Å². The van der Waals surface area contributed by atoms with Crippen LogP contribution in [0.3, 0.4) is 0 Å². The first-order valence-corrected chi connectivity index (χ1v) is 8.02. The van der Waals surface area contributed by atoms with Crippen LogP contribution in [0, 0.1) is 0 Å². The van der Waals surface area contributed by atoms with Crippen molar-refractivity contribution in [1.82, 2.24) is 10.6 Å². The molecule has 0 aromatic heterocycles. The normalized spacial score (nSPS) is 12.5. The van der Waals surface area contributed by atoms with Gasteiger partial charge >= 0.3 is 6.18 Å². The topological polar surface area (TPSA) is 67.4 Å². The molecule has 0 aliphatic rings. The Hall–Kier alpha value is -2.09. The maximum Gasteiger partial charge on any atom is 0.411 e. The third-order valence-electron chi connectivity index (χ3n) is 3.41. The van der Waals surface area contributed by atoms with E-state index < -0.39 is 12.8 Å². The first-order chi connectivity index (χ1) is 11.7. The van der Waals surface area contributed by atoms with Gasteiger partial charge in [0.15, 0.2) is 0 Å². The SMILES string of the molecule is CCC(C)NC(=O)CCNC(=O)c1ccc(COCC(F)(F)F)cc1. The molecule has 0 bridgehead atoms. The summed E-state index contributed by atoms with van der Waals surface area (Å²) in [5.74, 6) is -0.481. The van der Waals surface area contributed by atoms with E-state index in [9.17, 15) is 22.8 Å². The molecular formula is C17H23F3N2O3. The van der Waals surface area contributed by atoms with Crippen LogP contribution >= 0.6 is 0 Å². The Labute approximate surface area is 144 Å². The zero-order valence-corrected chi connectivity index (χ0v) is 14.3. The molecule has 140 valence electrons. The first kappa shape index (κ1) is 21.0. The molecule has 0 aliphatic carbocycles. The highest BCUT2D eigenvalue weighted by Gasteiger charge is 2.27. The zero-order chi connectivity index (χ0) is 18.9. The Morgan fingerprint density at radius 3 is 2.40 bits per heavy atom. The Morgan fingerprint density at radius 2 is 1.84 bits per heavy atom. The van der Waals surface area contributed by atoms with Crippen molar-refractivity contribution in [2.24, 2.45) is 0 Å². The summed E-state index contributed by atoms with van der Waals surface area (Å²) in [6.45, 7) is 2.57. The molecule has 1 rings (SSSR count). The summed E-state index contributed by atoms with van der Waals surface area (Å²) < 4.78 is 40.5. The molecule has 1 atom stereocenters. The largest absolute Gasteiger partial charge is 0.411 e.